The lowest BCUT2D eigenvalue weighted by atomic mass is 10.0. The van der Waals surface area contributed by atoms with Crippen LogP contribution in [0.25, 0.3) is 0 Å². The molecule has 0 bridgehead atoms. The topological polar surface area (TPSA) is 59.1 Å². The summed E-state index contributed by atoms with van der Waals surface area (Å²) in [5, 5.41) is 5.90. The van der Waals surface area contributed by atoms with Gasteiger partial charge >= 0.3 is 0 Å². The van der Waals surface area contributed by atoms with Gasteiger partial charge in [-0.05, 0) is 19.8 Å². The molecule has 2 unspecified atom stereocenters. The molecule has 2 N–H and O–H groups in total. The fraction of sp³-hybridized carbons (Fsp3) is 0.636. The molecular weight excluding hydrogens is 223 g/mol. The van der Waals surface area contributed by atoms with Crippen LogP contribution in [0.5, 0.6) is 0 Å². The molecule has 17 heavy (non-hydrogen) atoms. The number of halogens is 1. The molecule has 0 saturated carbocycles. The van der Waals surface area contributed by atoms with Crippen molar-refractivity contribution in [3.8, 4) is 0 Å². The number of ether oxygens (including phenoxy) is 1. The normalized spacial score (nSPS) is 24.4. The van der Waals surface area contributed by atoms with Gasteiger partial charge in [-0.25, -0.2) is 9.37 Å². The quantitative estimate of drug-likeness (QED) is 0.841. The van der Waals surface area contributed by atoms with Crippen molar-refractivity contribution >= 4 is 11.8 Å². The fourth-order valence-electron chi connectivity index (χ4n) is 1.91. The number of aromatic nitrogens is 2. The third kappa shape index (κ3) is 3.03. The second-order valence-corrected chi connectivity index (χ2v) is 4.19. The van der Waals surface area contributed by atoms with Crippen LogP contribution in [0.3, 0.4) is 0 Å². The van der Waals surface area contributed by atoms with Crippen LogP contribution in [0.2, 0.25) is 0 Å². The molecule has 5 nitrogen and oxygen atoms in total. The molecule has 1 aliphatic heterocycles. The molecule has 0 aromatic carbocycles. The SMILES string of the molecule is CNc1ncc(F)c(NC2CCOC(C)C2)n1. The zero-order valence-corrected chi connectivity index (χ0v) is 10.0. The van der Waals surface area contributed by atoms with Gasteiger partial charge in [-0.15, -0.1) is 0 Å². The number of hydrogen-bond donors (Lipinski definition) is 2. The first-order valence-electron chi connectivity index (χ1n) is 5.77. The third-order valence-electron chi connectivity index (χ3n) is 2.79. The monoisotopic (exact) mass is 240 g/mol. The maximum Gasteiger partial charge on any atom is 0.224 e. The highest BCUT2D eigenvalue weighted by Crippen LogP contribution is 2.19. The van der Waals surface area contributed by atoms with Crippen LogP contribution < -0.4 is 10.6 Å². The van der Waals surface area contributed by atoms with Crippen molar-refractivity contribution in [3.05, 3.63) is 12.0 Å². The lowest BCUT2D eigenvalue weighted by Crippen LogP contribution is -2.33. The first kappa shape index (κ1) is 12.0. The molecule has 1 aromatic heterocycles. The van der Waals surface area contributed by atoms with E-state index in [9.17, 15) is 4.39 Å². The largest absolute Gasteiger partial charge is 0.378 e. The van der Waals surface area contributed by atoms with E-state index in [4.69, 9.17) is 4.74 Å². The van der Waals surface area contributed by atoms with Crippen molar-refractivity contribution in [3.63, 3.8) is 0 Å². The van der Waals surface area contributed by atoms with Gasteiger partial charge in [0.2, 0.25) is 5.95 Å². The lowest BCUT2D eigenvalue weighted by molar-refractivity contribution is 0.0231. The first-order chi connectivity index (χ1) is 8.19. The average molecular weight is 240 g/mol. The maximum atomic E-state index is 13.5. The summed E-state index contributed by atoms with van der Waals surface area (Å²) in [5.41, 5.74) is 0. The van der Waals surface area contributed by atoms with Gasteiger partial charge in [0.15, 0.2) is 11.6 Å². The van der Waals surface area contributed by atoms with Gasteiger partial charge in [0.25, 0.3) is 0 Å². The van der Waals surface area contributed by atoms with Crippen molar-refractivity contribution in [2.45, 2.75) is 31.9 Å². The van der Waals surface area contributed by atoms with E-state index in [0.29, 0.717) is 12.6 Å². The second-order valence-electron chi connectivity index (χ2n) is 4.19. The van der Waals surface area contributed by atoms with Crippen molar-refractivity contribution in [1.29, 1.82) is 0 Å². The molecule has 1 aliphatic rings. The highest BCUT2D eigenvalue weighted by molar-refractivity contribution is 5.41. The van der Waals surface area contributed by atoms with Crippen LogP contribution in [0.15, 0.2) is 6.20 Å². The smallest absolute Gasteiger partial charge is 0.224 e. The van der Waals surface area contributed by atoms with Gasteiger partial charge < -0.3 is 15.4 Å². The van der Waals surface area contributed by atoms with Crippen LogP contribution in [-0.2, 0) is 4.74 Å². The van der Waals surface area contributed by atoms with Crippen molar-refractivity contribution < 1.29 is 9.13 Å². The predicted molar refractivity (Wildman–Crippen MR) is 63.6 cm³/mol. The summed E-state index contributed by atoms with van der Waals surface area (Å²) in [6.45, 7) is 2.72. The van der Waals surface area contributed by atoms with E-state index >= 15 is 0 Å². The summed E-state index contributed by atoms with van der Waals surface area (Å²) in [6, 6.07) is 0.202. The molecule has 6 heteroatoms. The van der Waals surface area contributed by atoms with E-state index in [0.717, 1.165) is 12.8 Å². The van der Waals surface area contributed by atoms with Crippen LogP contribution in [-0.4, -0.2) is 35.8 Å². The summed E-state index contributed by atoms with van der Waals surface area (Å²) < 4.78 is 19.0. The number of hydrogen-bond acceptors (Lipinski definition) is 5. The Kier molecular flexibility index (Phi) is 3.73. The third-order valence-corrected chi connectivity index (χ3v) is 2.79. The van der Waals surface area contributed by atoms with Gasteiger partial charge in [0, 0.05) is 19.7 Å². The minimum atomic E-state index is -0.428. The Morgan fingerprint density at radius 2 is 2.35 bits per heavy atom. The zero-order chi connectivity index (χ0) is 12.3. The molecule has 0 spiro atoms. The van der Waals surface area contributed by atoms with E-state index in [2.05, 4.69) is 20.6 Å². The molecule has 1 saturated heterocycles. The molecule has 1 aromatic rings. The van der Waals surface area contributed by atoms with Gasteiger partial charge in [0.1, 0.15) is 0 Å². The van der Waals surface area contributed by atoms with Crippen LogP contribution in [0, 0.1) is 5.82 Å². The minimum absolute atomic E-state index is 0.202. The zero-order valence-electron chi connectivity index (χ0n) is 10.0. The van der Waals surface area contributed by atoms with Crippen molar-refractivity contribution in [2.75, 3.05) is 24.3 Å². The fourth-order valence-corrected chi connectivity index (χ4v) is 1.91. The Morgan fingerprint density at radius 3 is 3.06 bits per heavy atom. The van der Waals surface area contributed by atoms with Gasteiger partial charge in [-0.2, -0.15) is 4.98 Å². The van der Waals surface area contributed by atoms with E-state index in [1.165, 1.54) is 6.20 Å². The molecule has 1 fully saturated rings. The van der Waals surface area contributed by atoms with Gasteiger partial charge in [0.05, 0.1) is 12.3 Å². The Bertz CT molecular complexity index is 388. The van der Waals surface area contributed by atoms with Crippen LogP contribution in [0.1, 0.15) is 19.8 Å². The number of nitrogens with zero attached hydrogens (tertiary/aromatic N) is 2. The van der Waals surface area contributed by atoms with Crippen molar-refractivity contribution in [1.82, 2.24) is 9.97 Å². The number of anilines is 2. The number of nitrogens with one attached hydrogen (secondary N) is 2. The Balaban J connectivity index is 2.06. The standard InChI is InChI=1S/C11H17FN4O/c1-7-5-8(3-4-17-7)15-10-9(12)6-14-11(13-2)16-10/h6-8H,3-5H2,1-2H3,(H2,13,14,15,16). The maximum absolute atomic E-state index is 13.5. The molecule has 94 valence electrons. The van der Waals surface area contributed by atoms with E-state index in [1.54, 1.807) is 7.05 Å². The summed E-state index contributed by atoms with van der Waals surface area (Å²) >= 11 is 0. The van der Waals surface area contributed by atoms with Crippen molar-refractivity contribution in [2.24, 2.45) is 0 Å². The second kappa shape index (κ2) is 5.27. The summed E-state index contributed by atoms with van der Waals surface area (Å²) in [7, 11) is 1.70. The highest BCUT2D eigenvalue weighted by Gasteiger charge is 2.20. The highest BCUT2D eigenvalue weighted by atomic mass is 19.1. The first-order valence-corrected chi connectivity index (χ1v) is 5.77. The lowest BCUT2D eigenvalue weighted by Gasteiger charge is -2.28. The summed E-state index contributed by atoms with van der Waals surface area (Å²) in [4.78, 5) is 7.86. The molecule has 2 heterocycles. The van der Waals surface area contributed by atoms with E-state index in [1.807, 2.05) is 6.92 Å². The van der Waals surface area contributed by atoms with Crippen LogP contribution in [0.4, 0.5) is 16.2 Å². The minimum Gasteiger partial charge on any atom is -0.378 e. The molecule has 2 rings (SSSR count). The Morgan fingerprint density at radius 1 is 1.53 bits per heavy atom. The van der Waals surface area contributed by atoms with E-state index < -0.39 is 5.82 Å². The number of rotatable bonds is 3. The molecule has 0 aliphatic carbocycles. The van der Waals surface area contributed by atoms with E-state index in [-0.39, 0.29) is 18.0 Å². The molecule has 0 radical (unpaired) electrons. The van der Waals surface area contributed by atoms with Gasteiger partial charge in [-0.1, -0.05) is 0 Å². The Hall–Kier alpha value is -1.43. The Labute approximate surface area is 99.8 Å². The molecule has 2 atom stereocenters. The molecular formula is C11H17FN4O. The van der Waals surface area contributed by atoms with Crippen LogP contribution >= 0.6 is 0 Å². The molecule has 0 amide bonds. The summed E-state index contributed by atoms with van der Waals surface area (Å²) in [5.74, 6) is 0.237. The average Bonchev–Trinajstić information content (AvgIpc) is 2.32. The van der Waals surface area contributed by atoms with Gasteiger partial charge in [-0.3, -0.25) is 0 Å². The summed E-state index contributed by atoms with van der Waals surface area (Å²) in [6.07, 6.45) is 3.10. The predicted octanol–water partition coefficient (Wildman–Crippen LogP) is 1.64.